The van der Waals surface area contributed by atoms with Crippen molar-refractivity contribution in [3.63, 3.8) is 0 Å². The summed E-state index contributed by atoms with van der Waals surface area (Å²) in [5, 5.41) is 0.713. The molecule has 0 fully saturated rings. The molecule has 0 aromatic heterocycles. The van der Waals surface area contributed by atoms with E-state index in [1.807, 2.05) is 0 Å². The van der Waals surface area contributed by atoms with E-state index in [-0.39, 0.29) is 0 Å². The zero-order chi connectivity index (χ0) is 14.2. The highest BCUT2D eigenvalue weighted by Gasteiger charge is 2.30. The Bertz CT molecular complexity index is 619. The van der Waals surface area contributed by atoms with Crippen LogP contribution < -0.4 is 0 Å². The van der Waals surface area contributed by atoms with Crippen LogP contribution in [0.2, 0.25) is 10.0 Å². The predicted molar refractivity (Wildman–Crippen MR) is 71.6 cm³/mol. The minimum Gasteiger partial charge on any atom is -0.166 e. The van der Waals surface area contributed by atoms with Crippen LogP contribution in [0.3, 0.4) is 0 Å². The Labute approximate surface area is 118 Å². The van der Waals surface area contributed by atoms with Gasteiger partial charge in [-0.25, -0.2) is 0 Å². The summed E-state index contributed by atoms with van der Waals surface area (Å²) in [6.45, 7) is 1.61. The standard InChI is InChI=1S/C14H9Cl2F3/c1-8-7-9(14(17,18)19)5-6-10(8)11-3-2-4-12(15)13(11)16/h2-7H,1H3. The lowest BCUT2D eigenvalue weighted by molar-refractivity contribution is -0.137. The molecule has 0 radical (unpaired) electrons. The monoisotopic (exact) mass is 304 g/mol. The highest BCUT2D eigenvalue weighted by atomic mass is 35.5. The summed E-state index contributed by atoms with van der Waals surface area (Å²) in [6.07, 6.45) is -4.35. The first-order valence-corrected chi connectivity index (χ1v) is 6.18. The lowest BCUT2D eigenvalue weighted by atomic mass is 9.98. The molecule has 0 atom stereocenters. The van der Waals surface area contributed by atoms with Crippen LogP contribution in [-0.4, -0.2) is 0 Å². The summed E-state index contributed by atoms with van der Waals surface area (Å²) < 4.78 is 37.8. The van der Waals surface area contributed by atoms with Crippen LogP contribution in [0.1, 0.15) is 11.1 Å². The van der Waals surface area contributed by atoms with E-state index in [0.717, 1.165) is 12.1 Å². The second-order valence-electron chi connectivity index (χ2n) is 4.13. The van der Waals surface area contributed by atoms with Gasteiger partial charge in [0.2, 0.25) is 0 Å². The molecule has 0 spiro atoms. The molecule has 100 valence electrons. The van der Waals surface area contributed by atoms with E-state index in [4.69, 9.17) is 23.2 Å². The summed E-state index contributed by atoms with van der Waals surface area (Å²) >= 11 is 12.0. The lowest BCUT2D eigenvalue weighted by Gasteiger charge is -2.12. The van der Waals surface area contributed by atoms with Crippen molar-refractivity contribution in [1.82, 2.24) is 0 Å². The van der Waals surface area contributed by atoms with Gasteiger partial charge in [-0.15, -0.1) is 0 Å². The van der Waals surface area contributed by atoms with Crippen molar-refractivity contribution in [2.45, 2.75) is 13.1 Å². The molecule has 19 heavy (non-hydrogen) atoms. The molecule has 2 aromatic rings. The van der Waals surface area contributed by atoms with Crippen LogP contribution in [-0.2, 0) is 6.18 Å². The van der Waals surface area contributed by atoms with Gasteiger partial charge in [0.25, 0.3) is 0 Å². The van der Waals surface area contributed by atoms with E-state index in [1.54, 1.807) is 25.1 Å². The second kappa shape index (κ2) is 5.06. The Morgan fingerprint density at radius 3 is 2.21 bits per heavy atom. The van der Waals surface area contributed by atoms with Crippen LogP contribution in [0.25, 0.3) is 11.1 Å². The van der Waals surface area contributed by atoms with E-state index in [2.05, 4.69) is 0 Å². The van der Waals surface area contributed by atoms with E-state index < -0.39 is 11.7 Å². The molecule has 0 bridgehead atoms. The van der Waals surface area contributed by atoms with Crippen LogP contribution in [0.15, 0.2) is 36.4 Å². The summed E-state index contributed by atoms with van der Waals surface area (Å²) in [4.78, 5) is 0. The third-order valence-electron chi connectivity index (χ3n) is 2.80. The fraction of sp³-hybridized carbons (Fsp3) is 0.143. The maximum Gasteiger partial charge on any atom is 0.416 e. The summed E-state index contributed by atoms with van der Waals surface area (Å²) in [6, 6.07) is 8.62. The largest absolute Gasteiger partial charge is 0.416 e. The fourth-order valence-electron chi connectivity index (χ4n) is 1.85. The van der Waals surface area contributed by atoms with Gasteiger partial charge in [0.15, 0.2) is 0 Å². The quantitative estimate of drug-likeness (QED) is 0.607. The van der Waals surface area contributed by atoms with Crippen molar-refractivity contribution in [1.29, 1.82) is 0 Å². The molecule has 0 heterocycles. The Hall–Kier alpha value is -1.19. The van der Waals surface area contributed by atoms with Gasteiger partial charge >= 0.3 is 6.18 Å². The molecule has 0 saturated heterocycles. The minimum atomic E-state index is -4.35. The summed E-state index contributed by atoms with van der Waals surface area (Å²) in [7, 11) is 0. The van der Waals surface area contributed by atoms with Crippen LogP contribution in [0.5, 0.6) is 0 Å². The van der Waals surface area contributed by atoms with Crippen LogP contribution in [0.4, 0.5) is 13.2 Å². The van der Waals surface area contributed by atoms with Gasteiger partial charge in [0.1, 0.15) is 0 Å². The second-order valence-corrected chi connectivity index (χ2v) is 4.91. The smallest absolute Gasteiger partial charge is 0.166 e. The number of alkyl halides is 3. The Morgan fingerprint density at radius 1 is 0.947 bits per heavy atom. The van der Waals surface area contributed by atoms with Crippen molar-refractivity contribution < 1.29 is 13.2 Å². The van der Waals surface area contributed by atoms with Crippen molar-refractivity contribution >= 4 is 23.2 Å². The van der Waals surface area contributed by atoms with E-state index in [0.29, 0.717) is 26.7 Å². The van der Waals surface area contributed by atoms with Crippen LogP contribution in [0, 0.1) is 6.92 Å². The topological polar surface area (TPSA) is 0 Å². The molecule has 2 rings (SSSR count). The van der Waals surface area contributed by atoms with Crippen molar-refractivity contribution in [3.05, 3.63) is 57.6 Å². The molecule has 0 unspecified atom stereocenters. The number of aryl methyl sites for hydroxylation is 1. The summed E-state index contributed by atoms with van der Waals surface area (Å²) in [5.41, 5.74) is 1.09. The molecule has 0 N–H and O–H groups in total. The number of hydrogen-bond donors (Lipinski definition) is 0. The fourth-order valence-corrected chi connectivity index (χ4v) is 2.26. The predicted octanol–water partition coefficient (Wildman–Crippen LogP) is 5.99. The Kier molecular flexibility index (Phi) is 3.79. The van der Waals surface area contributed by atoms with Gasteiger partial charge < -0.3 is 0 Å². The molecule has 2 aromatic carbocycles. The molecule has 0 aliphatic rings. The molecular weight excluding hydrogens is 296 g/mol. The molecule has 5 heteroatoms. The normalized spacial score (nSPS) is 11.7. The number of hydrogen-bond acceptors (Lipinski definition) is 0. The van der Waals surface area contributed by atoms with E-state index in [9.17, 15) is 13.2 Å². The lowest BCUT2D eigenvalue weighted by Crippen LogP contribution is -2.05. The average Bonchev–Trinajstić information content (AvgIpc) is 2.32. The first-order chi connectivity index (χ1) is 8.80. The highest BCUT2D eigenvalue weighted by Crippen LogP contribution is 2.37. The first-order valence-electron chi connectivity index (χ1n) is 5.43. The maximum atomic E-state index is 12.6. The molecule has 0 aliphatic carbocycles. The van der Waals surface area contributed by atoms with Gasteiger partial charge in [0.05, 0.1) is 15.6 Å². The third-order valence-corrected chi connectivity index (χ3v) is 3.61. The molecular formula is C14H9Cl2F3. The zero-order valence-corrected chi connectivity index (χ0v) is 11.4. The molecule has 0 nitrogen and oxygen atoms in total. The molecule has 0 aliphatic heterocycles. The number of halogens is 5. The van der Waals surface area contributed by atoms with Gasteiger partial charge in [-0.1, -0.05) is 41.4 Å². The maximum absolute atomic E-state index is 12.6. The van der Waals surface area contributed by atoms with Crippen molar-refractivity contribution in [2.75, 3.05) is 0 Å². The van der Waals surface area contributed by atoms with Crippen LogP contribution >= 0.6 is 23.2 Å². The van der Waals surface area contributed by atoms with Gasteiger partial charge in [-0.2, -0.15) is 13.2 Å². The Balaban J connectivity index is 2.56. The first kappa shape index (κ1) is 14.2. The third kappa shape index (κ3) is 2.88. The highest BCUT2D eigenvalue weighted by molar-refractivity contribution is 6.43. The SMILES string of the molecule is Cc1cc(C(F)(F)F)ccc1-c1cccc(Cl)c1Cl. The van der Waals surface area contributed by atoms with E-state index >= 15 is 0 Å². The number of benzene rings is 2. The average molecular weight is 305 g/mol. The number of rotatable bonds is 1. The molecule has 0 saturated carbocycles. The van der Waals surface area contributed by atoms with Crippen molar-refractivity contribution in [2.24, 2.45) is 0 Å². The van der Waals surface area contributed by atoms with Gasteiger partial charge in [-0.3, -0.25) is 0 Å². The van der Waals surface area contributed by atoms with Gasteiger partial charge in [0, 0.05) is 5.56 Å². The van der Waals surface area contributed by atoms with Gasteiger partial charge in [-0.05, 0) is 36.2 Å². The van der Waals surface area contributed by atoms with E-state index in [1.165, 1.54) is 6.07 Å². The van der Waals surface area contributed by atoms with Crippen molar-refractivity contribution in [3.8, 4) is 11.1 Å². The summed E-state index contributed by atoms with van der Waals surface area (Å²) in [5.74, 6) is 0. The molecule has 0 amide bonds. The Morgan fingerprint density at radius 2 is 1.63 bits per heavy atom. The zero-order valence-electron chi connectivity index (χ0n) is 9.85. The minimum absolute atomic E-state index is 0.340.